The third-order valence-electron chi connectivity index (χ3n) is 3.70. The standard InChI is InChI=1S/C20H26N2O3/c1-14(2)24-20-11-10-18(13-22-20)25-17-8-6-16(7-9-17)5-4-15(3)12-19(21)23/h6-11,13-15H,4-5,12H2,1-3H3,(H2,21,23). The molecule has 1 aromatic carbocycles. The first kappa shape index (κ1) is 18.8. The van der Waals surface area contributed by atoms with Gasteiger partial charge in [-0.2, -0.15) is 0 Å². The molecule has 25 heavy (non-hydrogen) atoms. The van der Waals surface area contributed by atoms with Gasteiger partial charge in [-0.1, -0.05) is 19.1 Å². The molecule has 1 atom stereocenters. The lowest BCUT2D eigenvalue weighted by molar-refractivity contribution is -0.118. The van der Waals surface area contributed by atoms with Crippen molar-refractivity contribution < 1.29 is 14.3 Å². The Balaban J connectivity index is 1.86. The molecule has 5 heteroatoms. The van der Waals surface area contributed by atoms with Crippen LogP contribution < -0.4 is 15.2 Å². The summed E-state index contributed by atoms with van der Waals surface area (Å²) < 4.78 is 11.3. The second kappa shape index (κ2) is 9.06. The molecule has 0 bridgehead atoms. The predicted molar refractivity (Wildman–Crippen MR) is 97.8 cm³/mol. The molecule has 0 radical (unpaired) electrons. The maximum Gasteiger partial charge on any atom is 0.217 e. The minimum absolute atomic E-state index is 0.0949. The van der Waals surface area contributed by atoms with Crippen LogP contribution in [0.25, 0.3) is 0 Å². The van der Waals surface area contributed by atoms with Gasteiger partial charge in [-0.3, -0.25) is 4.79 Å². The van der Waals surface area contributed by atoms with Gasteiger partial charge in [0.1, 0.15) is 11.5 Å². The largest absolute Gasteiger partial charge is 0.475 e. The fourth-order valence-electron chi connectivity index (χ4n) is 2.46. The van der Waals surface area contributed by atoms with Gasteiger partial charge in [0.15, 0.2) is 0 Å². The molecule has 0 spiro atoms. The van der Waals surface area contributed by atoms with Crippen LogP contribution in [0.15, 0.2) is 42.6 Å². The van der Waals surface area contributed by atoms with E-state index in [-0.39, 0.29) is 12.0 Å². The molecule has 0 fully saturated rings. The highest BCUT2D eigenvalue weighted by Crippen LogP contribution is 2.23. The summed E-state index contributed by atoms with van der Waals surface area (Å²) in [5, 5.41) is 0. The summed E-state index contributed by atoms with van der Waals surface area (Å²) in [7, 11) is 0. The van der Waals surface area contributed by atoms with E-state index in [1.165, 1.54) is 5.56 Å². The van der Waals surface area contributed by atoms with E-state index in [2.05, 4.69) is 4.98 Å². The zero-order valence-corrected chi connectivity index (χ0v) is 15.1. The number of benzene rings is 1. The van der Waals surface area contributed by atoms with E-state index in [1.54, 1.807) is 12.3 Å². The summed E-state index contributed by atoms with van der Waals surface area (Å²) in [5.74, 6) is 2.07. The number of carbonyl (C=O) groups excluding carboxylic acids is 1. The lowest BCUT2D eigenvalue weighted by Crippen LogP contribution is -2.15. The van der Waals surface area contributed by atoms with Gasteiger partial charge < -0.3 is 15.2 Å². The van der Waals surface area contributed by atoms with Crippen molar-refractivity contribution in [3.05, 3.63) is 48.2 Å². The van der Waals surface area contributed by atoms with Crippen molar-refractivity contribution in [2.45, 2.75) is 46.1 Å². The molecular formula is C20H26N2O3. The Labute approximate surface area is 149 Å². The molecule has 1 heterocycles. The second-order valence-corrected chi connectivity index (χ2v) is 6.56. The topological polar surface area (TPSA) is 74.4 Å². The zero-order chi connectivity index (χ0) is 18.2. The highest BCUT2D eigenvalue weighted by molar-refractivity contribution is 5.73. The Morgan fingerprint density at radius 1 is 1.08 bits per heavy atom. The third kappa shape index (κ3) is 6.83. The number of ether oxygens (including phenoxy) is 2. The van der Waals surface area contributed by atoms with Crippen LogP contribution in [0.1, 0.15) is 39.2 Å². The first-order valence-corrected chi connectivity index (χ1v) is 8.60. The highest BCUT2D eigenvalue weighted by atomic mass is 16.5. The van der Waals surface area contributed by atoms with Crippen LogP contribution in [0.5, 0.6) is 17.4 Å². The SMILES string of the molecule is CC(CCc1ccc(Oc2ccc(OC(C)C)nc2)cc1)CC(N)=O. The van der Waals surface area contributed by atoms with E-state index in [0.717, 1.165) is 18.6 Å². The van der Waals surface area contributed by atoms with Crippen molar-refractivity contribution >= 4 is 5.91 Å². The molecular weight excluding hydrogens is 316 g/mol. The van der Waals surface area contributed by atoms with Gasteiger partial charge in [-0.15, -0.1) is 0 Å². The van der Waals surface area contributed by atoms with Crippen molar-refractivity contribution in [2.24, 2.45) is 11.7 Å². The summed E-state index contributed by atoms with van der Waals surface area (Å²) >= 11 is 0. The second-order valence-electron chi connectivity index (χ2n) is 6.56. The lowest BCUT2D eigenvalue weighted by atomic mass is 9.98. The van der Waals surface area contributed by atoms with Crippen molar-refractivity contribution in [3.63, 3.8) is 0 Å². The molecule has 2 rings (SSSR count). The number of nitrogens with two attached hydrogens (primary N) is 1. The smallest absolute Gasteiger partial charge is 0.217 e. The maximum atomic E-state index is 10.9. The van der Waals surface area contributed by atoms with E-state index >= 15 is 0 Å². The third-order valence-corrected chi connectivity index (χ3v) is 3.70. The first-order valence-electron chi connectivity index (χ1n) is 8.60. The number of hydrogen-bond donors (Lipinski definition) is 1. The number of nitrogens with zero attached hydrogens (tertiary/aromatic N) is 1. The normalized spacial score (nSPS) is 12.0. The molecule has 1 aromatic heterocycles. The van der Waals surface area contributed by atoms with Crippen LogP contribution in [0.2, 0.25) is 0 Å². The average Bonchev–Trinajstić information content (AvgIpc) is 2.55. The molecule has 0 aliphatic carbocycles. The molecule has 0 aliphatic rings. The number of pyridine rings is 1. The van der Waals surface area contributed by atoms with E-state index in [4.69, 9.17) is 15.2 Å². The van der Waals surface area contributed by atoms with Crippen LogP contribution >= 0.6 is 0 Å². The van der Waals surface area contributed by atoms with Crippen molar-refractivity contribution in [3.8, 4) is 17.4 Å². The minimum atomic E-state index is -0.241. The molecule has 0 saturated heterocycles. The Morgan fingerprint density at radius 2 is 1.76 bits per heavy atom. The van der Waals surface area contributed by atoms with Crippen molar-refractivity contribution in [1.29, 1.82) is 0 Å². The predicted octanol–water partition coefficient (Wildman–Crippen LogP) is 4.11. The van der Waals surface area contributed by atoms with E-state index in [1.807, 2.05) is 51.1 Å². The Bertz CT molecular complexity index is 666. The van der Waals surface area contributed by atoms with Gasteiger partial charge in [-0.25, -0.2) is 4.98 Å². The quantitative estimate of drug-likeness (QED) is 0.744. The first-order chi connectivity index (χ1) is 11.9. The summed E-state index contributed by atoms with van der Waals surface area (Å²) in [5.41, 5.74) is 6.43. The maximum absolute atomic E-state index is 10.9. The Kier molecular flexibility index (Phi) is 6.81. The summed E-state index contributed by atoms with van der Waals surface area (Å²) in [4.78, 5) is 15.1. The summed E-state index contributed by atoms with van der Waals surface area (Å²) in [6.45, 7) is 5.96. The van der Waals surface area contributed by atoms with Crippen LogP contribution in [0.3, 0.4) is 0 Å². The van der Waals surface area contributed by atoms with Gasteiger partial charge in [0.2, 0.25) is 11.8 Å². The van der Waals surface area contributed by atoms with Gasteiger partial charge in [0.05, 0.1) is 12.3 Å². The van der Waals surface area contributed by atoms with Gasteiger partial charge in [0.25, 0.3) is 0 Å². The molecule has 2 aromatic rings. The summed E-state index contributed by atoms with van der Waals surface area (Å²) in [6, 6.07) is 11.6. The average molecular weight is 342 g/mol. The van der Waals surface area contributed by atoms with E-state index in [9.17, 15) is 4.79 Å². The molecule has 0 aliphatic heterocycles. The number of aromatic nitrogens is 1. The fourth-order valence-corrected chi connectivity index (χ4v) is 2.46. The Hall–Kier alpha value is -2.56. The highest BCUT2D eigenvalue weighted by Gasteiger charge is 2.07. The van der Waals surface area contributed by atoms with Crippen LogP contribution in [-0.2, 0) is 11.2 Å². The monoisotopic (exact) mass is 342 g/mol. The molecule has 1 unspecified atom stereocenters. The lowest BCUT2D eigenvalue weighted by Gasteiger charge is -2.11. The number of carbonyl (C=O) groups is 1. The molecule has 5 nitrogen and oxygen atoms in total. The van der Waals surface area contributed by atoms with Gasteiger partial charge in [0, 0.05) is 12.5 Å². The number of rotatable bonds is 9. The van der Waals surface area contributed by atoms with E-state index in [0.29, 0.717) is 24.0 Å². The van der Waals surface area contributed by atoms with Crippen LogP contribution in [0.4, 0.5) is 0 Å². The van der Waals surface area contributed by atoms with E-state index < -0.39 is 0 Å². The Morgan fingerprint density at radius 3 is 2.32 bits per heavy atom. The minimum Gasteiger partial charge on any atom is -0.475 e. The number of aryl methyl sites for hydroxylation is 1. The van der Waals surface area contributed by atoms with Crippen LogP contribution in [0, 0.1) is 5.92 Å². The van der Waals surface area contributed by atoms with Gasteiger partial charge in [-0.05, 0) is 56.4 Å². The summed E-state index contributed by atoms with van der Waals surface area (Å²) in [6.07, 6.45) is 4.03. The zero-order valence-electron chi connectivity index (χ0n) is 15.1. The number of primary amides is 1. The number of hydrogen-bond acceptors (Lipinski definition) is 4. The van der Waals surface area contributed by atoms with Crippen LogP contribution in [-0.4, -0.2) is 17.0 Å². The molecule has 0 saturated carbocycles. The van der Waals surface area contributed by atoms with Gasteiger partial charge >= 0.3 is 0 Å². The molecule has 2 N–H and O–H groups in total. The fraction of sp³-hybridized carbons (Fsp3) is 0.400. The molecule has 1 amide bonds. The number of amides is 1. The van der Waals surface area contributed by atoms with Crippen molar-refractivity contribution in [2.75, 3.05) is 0 Å². The molecule has 134 valence electrons. The van der Waals surface area contributed by atoms with Crippen molar-refractivity contribution in [1.82, 2.24) is 4.98 Å².